The highest BCUT2D eigenvalue weighted by molar-refractivity contribution is 7.80. The van der Waals surface area contributed by atoms with Gasteiger partial charge in [-0.05, 0) is 12.2 Å². The number of thiocarbonyl (C=S) groups is 1. The molecule has 12 nitrogen and oxygen atoms in total. The van der Waals surface area contributed by atoms with Crippen LogP contribution >= 0.6 is 12.2 Å². The molecule has 23 heavy (non-hydrogen) atoms. The number of nitrogens with one attached hydrogen (secondary N) is 2. The van der Waals surface area contributed by atoms with Crippen LogP contribution in [0, 0.1) is 5.41 Å². The average molecular weight is 345 g/mol. The first-order chi connectivity index (χ1) is 10.8. The van der Waals surface area contributed by atoms with Gasteiger partial charge in [0, 0.05) is 0 Å². The van der Waals surface area contributed by atoms with Crippen LogP contribution in [0.2, 0.25) is 0 Å². The van der Waals surface area contributed by atoms with Crippen molar-refractivity contribution in [3.8, 4) is 0 Å². The van der Waals surface area contributed by atoms with E-state index in [1.165, 1.54) is 0 Å². The van der Waals surface area contributed by atoms with E-state index in [1.54, 1.807) is 0 Å². The van der Waals surface area contributed by atoms with Gasteiger partial charge in [0.15, 0.2) is 17.0 Å². The molecule has 1 aromatic heterocycles. The van der Waals surface area contributed by atoms with Gasteiger partial charge in [0.25, 0.3) is 5.56 Å². The molecule has 126 valence electrons. The summed E-state index contributed by atoms with van der Waals surface area (Å²) in [5.74, 6) is -0.554. The number of amidine groups is 1. The van der Waals surface area contributed by atoms with E-state index in [-0.39, 0.29) is 16.5 Å². The lowest BCUT2D eigenvalue weighted by Gasteiger charge is -2.17. The van der Waals surface area contributed by atoms with Gasteiger partial charge >= 0.3 is 0 Å². The van der Waals surface area contributed by atoms with Crippen molar-refractivity contribution in [3.05, 3.63) is 16.0 Å². The second-order valence-electron chi connectivity index (χ2n) is 4.69. The molecule has 4 unspecified atom stereocenters. The van der Waals surface area contributed by atoms with Crippen LogP contribution in [0.1, 0.15) is 11.9 Å². The Morgan fingerprint density at radius 1 is 1.43 bits per heavy atom. The van der Waals surface area contributed by atoms with Gasteiger partial charge in [-0.25, -0.2) is 0 Å². The zero-order valence-electron chi connectivity index (χ0n) is 11.6. The van der Waals surface area contributed by atoms with Crippen LogP contribution in [0.25, 0.3) is 0 Å². The van der Waals surface area contributed by atoms with Crippen LogP contribution in [-0.4, -0.2) is 66.2 Å². The third-order valence-electron chi connectivity index (χ3n) is 3.16. The fraction of sp³-hybridized carbons (Fsp3) is 0.500. The first kappa shape index (κ1) is 17.2. The monoisotopic (exact) mass is 345 g/mol. The maximum Gasteiger partial charge on any atom is 0.296 e. The lowest BCUT2D eigenvalue weighted by Crippen LogP contribution is -2.40. The van der Waals surface area contributed by atoms with Crippen molar-refractivity contribution in [1.82, 2.24) is 15.0 Å². The molecule has 1 fully saturated rings. The molecule has 0 aromatic carbocycles. The summed E-state index contributed by atoms with van der Waals surface area (Å²) in [5.41, 5.74) is 9.14. The highest BCUT2D eigenvalue weighted by atomic mass is 32.1. The Bertz CT molecular complexity index is 695. The first-order valence-electron chi connectivity index (χ1n) is 6.30. The summed E-state index contributed by atoms with van der Waals surface area (Å²) in [4.78, 5) is 12.5. The van der Waals surface area contributed by atoms with Crippen molar-refractivity contribution >= 4 is 28.9 Å². The van der Waals surface area contributed by atoms with E-state index in [0.717, 1.165) is 0 Å². The molecule has 0 bridgehead atoms. The van der Waals surface area contributed by atoms with E-state index in [1.807, 2.05) is 0 Å². The predicted octanol–water partition coefficient (Wildman–Crippen LogP) is -3.81. The number of aliphatic hydroxyl groups excluding tert-OH is 3. The summed E-state index contributed by atoms with van der Waals surface area (Å²) in [6.07, 6.45) is -5.43. The number of anilines is 1. The number of nitrogens with two attached hydrogens (primary N) is 2. The smallest absolute Gasteiger partial charge is 0.296 e. The molecular weight excluding hydrogens is 330 g/mol. The molecule has 0 aliphatic carbocycles. The molecule has 1 aromatic rings. The summed E-state index contributed by atoms with van der Waals surface area (Å²) in [7, 11) is 0. The summed E-state index contributed by atoms with van der Waals surface area (Å²) in [6, 6.07) is 0. The fourth-order valence-corrected chi connectivity index (χ4v) is 2.17. The van der Waals surface area contributed by atoms with Crippen LogP contribution in [0.15, 0.2) is 4.79 Å². The lowest BCUT2D eigenvalue weighted by molar-refractivity contribution is -0.0622. The van der Waals surface area contributed by atoms with Gasteiger partial charge in [0.05, 0.1) is 6.61 Å². The fourth-order valence-electron chi connectivity index (χ4n) is 2.07. The number of nitrogen functional groups attached to an aromatic ring is 1. The molecule has 2 rings (SSSR count). The SMILES string of the molecule is N=C(N)c1nnn(C2OC(CO)C(O)C2O)c(=O)c1NC(N)=S. The Hall–Kier alpha value is -2.19. The topological polar surface area (TPSA) is 206 Å². The van der Waals surface area contributed by atoms with Gasteiger partial charge in [-0.1, -0.05) is 5.21 Å². The van der Waals surface area contributed by atoms with Gasteiger partial charge in [-0.2, -0.15) is 4.68 Å². The molecular formula is C10H15N7O5S. The van der Waals surface area contributed by atoms with Gasteiger partial charge in [-0.15, -0.1) is 5.10 Å². The van der Waals surface area contributed by atoms with E-state index in [0.29, 0.717) is 4.68 Å². The van der Waals surface area contributed by atoms with E-state index in [4.69, 9.17) is 26.7 Å². The van der Waals surface area contributed by atoms with Gasteiger partial charge in [0.2, 0.25) is 0 Å². The van der Waals surface area contributed by atoms with Crippen molar-refractivity contribution in [2.45, 2.75) is 24.5 Å². The molecule has 0 amide bonds. The van der Waals surface area contributed by atoms with Gasteiger partial charge < -0.3 is 36.8 Å². The molecule has 1 saturated heterocycles. The summed E-state index contributed by atoms with van der Waals surface area (Å²) < 4.78 is 5.83. The Balaban J connectivity index is 2.51. The summed E-state index contributed by atoms with van der Waals surface area (Å²) >= 11 is 4.65. The highest BCUT2D eigenvalue weighted by Crippen LogP contribution is 2.27. The Kier molecular flexibility index (Phi) is 4.86. The molecule has 0 spiro atoms. The number of nitrogens with zero attached hydrogens (tertiary/aromatic N) is 3. The minimum atomic E-state index is -1.53. The van der Waals surface area contributed by atoms with Crippen molar-refractivity contribution in [3.63, 3.8) is 0 Å². The maximum atomic E-state index is 12.5. The van der Waals surface area contributed by atoms with Crippen molar-refractivity contribution in [1.29, 1.82) is 5.41 Å². The standard InChI is InChI=1S/C10H15N7O5S/c11-7(12)3-4(14-10(13)23)8(21)17(16-15-3)9-6(20)5(19)2(1-18)22-9/h2,5-6,9,18-20H,1H2,(H3,11,12)(H3,13,14,23). The molecule has 0 saturated carbocycles. The zero-order valence-corrected chi connectivity index (χ0v) is 12.4. The number of hydrogen-bond donors (Lipinski definition) is 7. The zero-order chi connectivity index (χ0) is 17.3. The van der Waals surface area contributed by atoms with Crippen LogP contribution in [0.4, 0.5) is 5.69 Å². The number of hydrogen-bond acceptors (Lipinski definition) is 9. The van der Waals surface area contributed by atoms with E-state index >= 15 is 0 Å². The van der Waals surface area contributed by atoms with E-state index < -0.39 is 42.5 Å². The van der Waals surface area contributed by atoms with Crippen molar-refractivity contribution in [2.24, 2.45) is 11.5 Å². The molecule has 1 aliphatic heterocycles. The normalized spacial score (nSPS) is 26.9. The Labute approximate surface area is 134 Å². The van der Waals surface area contributed by atoms with E-state index in [2.05, 4.69) is 27.8 Å². The quantitative estimate of drug-likeness (QED) is 0.160. The molecule has 1 aliphatic rings. The second-order valence-corrected chi connectivity index (χ2v) is 5.13. The molecule has 0 radical (unpaired) electrons. The molecule has 9 N–H and O–H groups in total. The number of rotatable bonds is 4. The minimum Gasteiger partial charge on any atom is -0.394 e. The largest absolute Gasteiger partial charge is 0.394 e. The molecule has 4 atom stereocenters. The lowest BCUT2D eigenvalue weighted by atomic mass is 10.1. The highest BCUT2D eigenvalue weighted by Gasteiger charge is 2.44. The number of aliphatic hydroxyl groups is 3. The van der Waals surface area contributed by atoms with Gasteiger partial charge in [0.1, 0.15) is 29.8 Å². The van der Waals surface area contributed by atoms with Crippen LogP contribution in [-0.2, 0) is 4.74 Å². The minimum absolute atomic E-state index is 0.273. The van der Waals surface area contributed by atoms with Crippen LogP contribution < -0.4 is 22.3 Å². The second kappa shape index (κ2) is 6.51. The third-order valence-corrected chi connectivity index (χ3v) is 3.26. The van der Waals surface area contributed by atoms with Gasteiger partial charge in [-0.3, -0.25) is 10.2 Å². The van der Waals surface area contributed by atoms with Crippen molar-refractivity contribution in [2.75, 3.05) is 11.9 Å². The Morgan fingerprint density at radius 3 is 2.57 bits per heavy atom. The molecule has 13 heteroatoms. The molecule has 2 heterocycles. The number of ether oxygens (including phenoxy) is 1. The average Bonchev–Trinajstić information content (AvgIpc) is 2.76. The third kappa shape index (κ3) is 3.13. The summed E-state index contributed by atoms with van der Waals surface area (Å²) in [5, 5.41) is 45.3. The maximum absolute atomic E-state index is 12.5. The number of aromatic nitrogens is 3. The van der Waals surface area contributed by atoms with E-state index in [9.17, 15) is 15.0 Å². The van der Waals surface area contributed by atoms with Crippen LogP contribution in [0.5, 0.6) is 0 Å². The predicted molar refractivity (Wildman–Crippen MR) is 80.7 cm³/mol. The van der Waals surface area contributed by atoms with Crippen LogP contribution in [0.3, 0.4) is 0 Å². The van der Waals surface area contributed by atoms with Crippen molar-refractivity contribution < 1.29 is 20.1 Å². The summed E-state index contributed by atoms with van der Waals surface area (Å²) in [6.45, 7) is -0.569. The Morgan fingerprint density at radius 2 is 2.09 bits per heavy atom. The first-order valence-corrected chi connectivity index (χ1v) is 6.71.